The molecular weight excluding hydrogens is 248 g/mol. The van der Waals surface area contributed by atoms with Gasteiger partial charge < -0.3 is 20.8 Å². The molecule has 0 fully saturated rings. The minimum Gasteiger partial charge on any atom is -0.396 e. The van der Waals surface area contributed by atoms with Crippen molar-refractivity contribution in [3.63, 3.8) is 0 Å². The second-order valence-electron chi connectivity index (χ2n) is 5.80. The number of hydrogen-bond donors (Lipinski definition) is 4. The topological polar surface area (TPSA) is 98.7 Å². The van der Waals surface area contributed by atoms with Gasteiger partial charge in [0.25, 0.3) is 0 Å². The molecule has 19 heavy (non-hydrogen) atoms. The Kier molecular flexibility index (Phi) is 7.63. The zero-order valence-corrected chi connectivity index (χ0v) is 12.2. The second kappa shape index (κ2) is 8.12. The zero-order chi connectivity index (χ0) is 15.1. The molecule has 6 heteroatoms. The van der Waals surface area contributed by atoms with E-state index >= 15 is 0 Å². The van der Waals surface area contributed by atoms with E-state index in [4.69, 9.17) is 5.11 Å². The molecule has 0 aromatic rings. The predicted octanol–water partition coefficient (Wildman–Crippen LogP) is -0.356. The summed E-state index contributed by atoms with van der Waals surface area (Å²) in [6.45, 7) is 7.33. The van der Waals surface area contributed by atoms with Crippen molar-refractivity contribution in [3.8, 4) is 0 Å². The largest absolute Gasteiger partial charge is 0.396 e. The number of aliphatic hydroxyl groups is 2. The summed E-state index contributed by atoms with van der Waals surface area (Å²) in [6, 6.07) is 0. The Bertz CT molecular complexity index is 303. The summed E-state index contributed by atoms with van der Waals surface area (Å²) in [4.78, 5) is 23.0. The minimum atomic E-state index is -1.35. The maximum absolute atomic E-state index is 11.6. The smallest absolute Gasteiger partial charge is 0.249 e. The van der Waals surface area contributed by atoms with E-state index in [2.05, 4.69) is 24.5 Å². The predicted molar refractivity (Wildman–Crippen MR) is 72.3 cm³/mol. The van der Waals surface area contributed by atoms with E-state index in [9.17, 15) is 14.7 Å². The maximum Gasteiger partial charge on any atom is 0.249 e. The SMILES string of the molecule is CC(C)CCNC(=O)CNC(=O)[C@H](O)C(C)(C)CO. The van der Waals surface area contributed by atoms with Crippen molar-refractivity contribution in [2.45, 2.75) is 40.2 Å². The minimum absolute atomic E-state index is 0.171. The highest BCUT2D eigenvalue weighted by molar-refractivity contribution is 5.87. The van der Waals surface area contributed by atoms with Crippen LogP contribution in [0.15, 0.2) is 0 Å². The first kappa shape index (κ1) is 17.9. The van der Waals surface area contributed by atoms with E-state index in [0.717, 1.165) is 6.42 Å². The summed E-state index contributed by atoms with van der Waals surface area (Å²) in [5, 5.41) is 23.8. The lowest BCUT2D eigenvalue weighted by atomic mass is 9.87. The van der Waals surface area contributed by atoms with E-state index < -0.39 is 17.4 Å². The standard InChI is InChI=1S/C13H26N2O4/c1-9(2)5-6-14-10(17)7-15-12(19)11(18)13(3,4)8-16/h9,11,16,18H,5-8H2,1-4H3,(H,14,17)(H,15,19)/t11-/m0/s1. The Labute approximate surface area is 114 Å². The molecule has 0 aliphatic rings. The molecule has 0 aliphatic carbocycles. The quantitative estimate of drug-likeness (QED) is 0.486. The van der Waals surface area contributed by atoms with Gasteiger partial charge in [-0.25, -0.2) is 0 Å². The first-order valence-electron chi connectivity index (χ1n) is 6.54. The number of nitrogens with one attached hydrogen (secondary N) is 2. The van der Waals surface area contributed by atoms with E-state index in [1.165, 1.54) is 0 Å². The van der Waals surface area contributed by atoms with Crippen LogP contribution >= 0.6 is 0 Å². The van der Waals surface area contributed by atoms with E-state index in [1.807, 2.05) is 0 Å². The average molecular weight is 274 g/mol. The first-order valence-corrected chi connectivity index (χ1v) is 6.54. The Morgan fingerprint density at radius 2 is 1.79 bits per heavy atom. The van der Waals surface area contributed by atoms with Gasteiger partial charge >= 0.3 is 0 Å². The molecule has 0 unspecified atom stereocenters. The molecule has 0 radical (unpaired) electrons. The number of carbonyl (C=O) groups is 2. The van der Waals surface area contributed by atoms with Gasteiger partial charge in [-0.3, -0.25) is 9.59 Å². The van der Waals surface area contributed by atoms with E-state index in [-0.39, 0.29) is 19.1 Å². The molecule has 2 amide bonds. The second-order valence-corrected chi connectivity index (χ2v) is 5.80. The van der Waals surface area contributed by atoms with Crippen molar-refractivity contribution in [1.82, 2.24) is 10.6 Å². The van der Waals surface area contributed by atoms with Crippen LogP contribution in [0.2, 0.25) is 0 Å². The first-order chi connectivity index (χ1) is 8.70. The van der Waals surface area contributed by atoms with Crippen molar-refractivity contribution >= 4 is 11.8 Å². The normalized spacial score (nSPS) is 13.2. The van der Waals surface area contributed by atoms with E-state index in [1.54, 1.807) is 13.8 Å². The Morgan fingerprint density at radius 3 is 2.26 bits per heavy atom. The maximum atomic E-state index is 11.6. The highest BCUT2D eigenvalue weighted by Gasteiger charge is 2.32. The molecule has 0 rings (SSSR count). The van der Waals surface area contributed by atoms with Crippen molar-refractivity contribution in [1.29, 1.82) is 0 Å². The highest BCUT2D eigenvalue weighted by atomic mass is 16.3. The molecule has 0 aromatic heterocycles. The molecule has 0 aliphatic heterocycles. The lowest BCUT2D eigenvalue weighted by molar-refractivity contribution is -0.138. The molecule has 1 atom stereocenters. The number of carbonyl (C=O) groups excluding carboxylic acids is 2. The van der Waals surface area contributed by atoms with Crippen LogP contribution in [0.1, 0.15) is 34.1 Å². The third kappa shape index (κ3) is 7.12. The summed E-state index contributed by atoms with van der Waals surface area (Å²) in [5.74, 6) is -0.442. The summed E-state index contributed by atoms with van der Waals surface area (Å²) in [7, 11) is 0. The molecular formula is C13H26N2O4. The molecule has 112 valence electrons. The Balaban J connectivity index is 3.99. The number of aliphatic hydroxyl groups excluding tert-OH is 2. The lowest BCUT2D eigenvalue weighted by Crippen LogP contribution is -2.48. The molecule has 0 spiro atoms. The van der Waals surface area contributed by atoms with Crippen LogP contribution in [0.4, 0.5) is 0 Å². The number of amides is 2. The van der Waals surface area contributed by atoms with Crippen LogP contribution in [0.25, 0.3) is 0 Å². The number of rotatable bonds is 8. The monoisotopic (exact) mass is 274 g/mol. The Morgan fingerprint density at radius 1 is 1.21 bits per heavy atom. The van der Waals surface area contributed by atoms with Crippen LogP contribution in [0, 0.1) is 11.3 Å². The summed E-state index contributed by atoms with van der Waals surface area (Å²) in [5.41, 5.74) is -0.932. The van der Waals surface area contributed by atoms with Crippen LogP contribution < -0.4 is 10.6 Å². The molecule has 6 nitrogen and oxygen atoms in total. The molecule has 0 saturated heterocycles. The number of hydrogen-bond acceptors (Lipinski definition) is 4. The van der Waals surface area contributed by atoms with E-state index in [0.29, 0.717) is 12.5 Å². The molecule has 0 aromatic carbocycles. The fraction of sp³-hybridized carbons (Fsp3) is 0.846. The fourth-order valence-corrected chi connectivity index (χ4v) is 1.27. The van der Waals surface area contributed by atoms with Gasteiger partial charge in [0.05, 0.1) is 13.2 Å². The highest BCUT2D eigenvalue weighted by Crippen LogP contribution is 2.19. The van der Waals surface area contributed by atoms with Crippen molar-refractivity contribution in [3.05, 3.63) is 0 Å². The third-order valence-corrected chi connectivity index (χ3v) is 2.86. The van der Waals surface area contributed by atoms with Gasteiger partial charge in [-0.05, 0) is 12.3 Å². The van der Waals surface area contributed by atoms with Crippen molar-refractivity contribution in [2.75, 3.05) is 19.7 Å². The van der Waals surface area contributed by atoms with Crippen LogP contribution in [0.3, 0.4) is 0 Å². The summed E-state index contributed by atoms with van der Waals surface area (Å²) in [6.07, 6.45) is -0.471. The molecule has 0 heterocycles. The Hall–Kier alpha value is -1.14. The van der Waals surface area contributed by atoms with Crippen LogP contribution in [-0.2, 0) is 9.59 Å². The lowest BCUT2D eigenvalue weighted by Gasteiger charge is -2.26. The van der Waals surface area contributed by atoms with Crippen LogP contribution in [-0.4, -0.2) is 47.8 Å². The zero-order valence-electron chi connectivity index (χ0n) is 12.2. The van der Waals surface area contributed by atoms with Gasteiger partial charge in [-0.2, -0.15) is 0 Å². The molecule has 0 saturated carbocycles. The van der Waals surface area contributed by atoms with Gasteiger partial charge in [0.1, 0.15) is 6.10 Å². The molecule has 4 N–H and O–H groups in total. The van der Waals surface area contributed by atoms with Crippen molar-refractivity contribution in [2.24, 2.45) is 11.3 Å². The fourth-order valence-electron chi connectivity index (χ4n) is 1.27. The average Bonchev–Trinajstić information content (AvgIpc) is 2.34. The molecule has 0 bridgehead atoms. The van der Waals surface area contributed by atoms with Gasteiger partial charge in [0, 0.05) is 12.0 Å². The summed E-state index contributed by atoms with van der Waals surface area (Å²) >= 11 is 0. The van der Waals surface area contributed by atoms with Gasteiger partial charge in [0.2, 0.25) is 11.8 Å². The van der Waals surface area contributed by atoms with Gasteiger partial charge in [0.15, 0.2) is 0 Å². The van der Waals surface area contributed by atoms with Gasteiger partial charge in [-0.1, -0.05) is 27.7 Å². The van der Waals surface area contributed by atoms with Crippen molar-refractivity contribution < 1.29 is 19.8 Å². The summed E-state index contributed by atoms with van der Waals surface area (Å²) < 4.78 is 0. The van der Waals surface area contributed by atoms with Gasteiger partial charge in [-0.15, -0.1) is 0 Å². The van der Waals surface area contributed by atoms with Crippen LogP contribution in [0.5, 0.6) is 0 Å². The third-order valence-electron chi connectivity index (χ3n) is 2.86.